The van der Waals surface area contributed by atoms with Crippen LogP contribution in [0.2, 0.25) is 0 Å². The van der Waals surface area contributed by atoms with Gasteiger partial charge in [-0.1, -0.05) is 0 Å². The van der Waals surface area contributed by atoms with Crippen molar-refractivity contribution in [2.75, 3.05) is 6.61 Å². The molecule has 4 N–H and O–H groups in total. The first-order chi connectivity index (χ1) is 7.30. The molecule has 0 saturated carbocycles. The summed E-state index contributed by atoms with van der Waals surface area (Å²) in [6.07, 6.45) is 0. The van der Waals surface area contributed by atoms with Crippen LogP contribution in [-0.4, -0.2) is 20.9 Å². The van der Waals surface area contributed by atoms with Crippen molar-refractivity contribution in [2.45, 2.75) is 4.90 Å². The highest BCUT2D eigenvalue weighted by molar-refractivity contribution is 7.89. The van der Waals surface area contributed by atoms with Crippen LogP contribution < -0.4 is 15.6 Å². The molecule has 0 bridgehead atoms. The summed E-state index contributed by atoms with van der Waals surface area (Å²) in [5.41, 5.74) is 4.81. The van der Waals surface area contributed by atoms with Crippen LogP contribution in [-0.2, 0) is 14.8 Å². The molecule has 6 nitrogen and oxygen atoms in total. The number of carbonyl (C=O) groups is 1. The normalized spacial score (nSPS) is 11.1. The number of halogens is 1. The lowest BCUT2D eigenvalue weighted by atomic mass is 10.3. The molecule has 0 fully saturated rings. The monoisotopic (exact) mass is 248 g/mol. The quantitative estimate of drug-likeness (QED) is 0.736. The van der Waals surface area contributed by atoms with Gasteiger partial charge in [-0.3, -0.25) is 4.79 Å². The number of primary sulfonamides is 1. The van der Waals surface area contributed by atoms with Gasteiger partial charge in [-0.05, 0) is 18.2 Å². The average molecular weight is 248 g/mol. The first-order valence-corrected chi connectivity index (χ1v) is 5.59. The van der Waals surface area contributed by atoms with Gasteiger partial charge in [0.05, 0.1) is 0 Å². The van der Waals surface area contributed by atoms with E-state index in [4.69, 9.17) is 15.6 Å². The van der Waals surface area contributed by atoms with Crippen LogP contribution in [0, 0.1) is 5.82 Å². The maximum absolute atomic E-state index is 12.8. The van der Waals surface area contributed by atoms with Gasteiger partial charge in [-0.2, -0.15) is 0 Å². The predicted molar refractivity (Wildman–Crippen MR) is 52.5 cm³/mol. The second-order valence-electron chi connectivity index (χ2n) is 2.89. The number of ether oxygens (including phenoxy) is 1. The number of amides is 1. The van der Waals surface area contributed by atoms with Crippen molar-refractivity contribution in [3.8, 4) is 5.75 Å². The molecule has 1 amide bonds. The highest BCUT2D eigenvalue weighted by atomic mass is 32.2. The molecule has 1 rings (SSSR count). The molecule has 0 aromatic heterocycles. The summed E-state index contributed by atoms with van der Waals surface area (Å²) in [5, 5.41) is 4.84. The van der Waals surface area contributed by atoms with E-state index in [0.717, 1.165) is 12.1 Å². The third-order valence-corrected chi connectivity index (χ3v) is 2.51. The molecule has 0 aliphatic heterocycles. The van der Waals surface area contributed by atoms with Gasteiger partial charge in [-0.25, -0.2) is 17.9 Å². The summed E-state index contributed by atoms with van der Waals surface area (Å²) in [6.45, 7) is -0.520. The van der Waals surface area contributed by atoms with Crippen molar-refractivity contribution in [1.82, 2.24) is 0 Å². The van der Waals surface area contributed by atoms with Crippen LogP contribution in [0.3, 0.4) is 0 Å². The Morgan fingerprint density at radius 1 is 1.44 bits per heavy atom. The minimum Gasteiger partial charge on any atom is -0.482 e. The fraction of sp³-hybridized carbons (Fsp3) is 0.125. The molecule has 16 heavy (non-hydrogen) atoms. The van der Waals surface area contributed by atoms with Crippen molar-refractivity contribution in [1.29, 1.82) is 0 Å². The zero-order chi connectivity index (χ0) is 12.3. The fourth-order valence-electron chi connectivity index (χ4n) is 0.972. The summed E-state index contributed by atoms with van der Waals surface area (Å²) in [7, 11) is -4.12. The largest absolute Gasteiger partial charge is 0.482 e. The molecule has 0 saturated heterocycles. The van der Waals surface area contributed by atoms with Gasteiger partial charge in [-0.15, -0.1) is 0 Å². The predicted octanol–water partition coefficient (Wildman–Crippen LogP) is -0.663. The third kappa shape index (κ3) is 3.17. The van der Waals surface area contributed by atoms with E-state index in [1.807, 2.05) is 0 Å². The summed E-state index contributed by atoms with van der Waals surface area (Å²) < 4.78 is 39.7. The van der Waals surface area contributed by atoms with E-state index < -0.39 is 33.3 Å². The molecule has 0 atom stereocenters. The fourth-order valence-corrected chi connectivity index (χ4v) is 1.66. The Hall–Kier alpha value is -1.67. The lowest BCUT2D eigenvalue weighted by Crippen LogP contribution is -2.21. The van der Waals surface area contributed by atoms with E-state index in [1.165, 1.54) is 0 Å². The van der Waals surface area contributed by atoms with Gasteiger partial charge in [0, 0.05) is 0 Å². The first-order valence-electron chi connectivity index (χ1n) is 4.04. The first kappa shape index (κ1) is 12.4. The third-order valence-electron chi connectivity index (χ3n) is 1.58. The zero-order valence-electron chi connectivity index (χ0n) is 8.01. The van der Waals surface area contributed by atoms with Gasteiger partial charge in [0.2, 0.25) is 10.0 Å². The van der Waals surface area contributed by atoms with Crippen LogP contribution in [0.25, 0.3) is 0 Å². The minimum absolute atomic E-state index is 0.220. The van der Waals surface area contributed by atoms with E-state index in [9.17, 15) is 17.6 Å². The maximum atomic E-state index is 12.8. The number of nitrogens with two attached hydrogens (primary N) is 2. The molecule has 8 heteroatoms. The average Bonchev–Trinajstić information content (AvgIpc) is 2.14. The highest BCUT2D eigenvalue weighted by Crippen LogP contribution is 2.23. The number of hydrogen-bond acceptors (Lipinski definition) is 4. The Labute approximate surface area is 91.0 Å². The van der Waals surface area contributed by atoms with Crippen molar-refractivity contribution in [2.24, 2.45) is 10.9 Å². The smallest absolute Gasteiger partial charge is 0.255 e. The zero-order valence-corrected chi connectivity index (χ0v) is 8.83. The van der Waals surface area contributed by atoms with Crippen molar-refractivity contribution < 1.29 is 22.3 Å². The Morgan fingerprint density at radius 3 is 2.56 bits per heavy atom. The molecule has 0 radical (unpaired) electrons. The number of sulfonamides is 1. The molecular formula is C8H9FN2O4S. The summed E-state index contributed by atoms with van der Waals surface area (Å²) >= 11 is 0. The molecule has 0 heterocycles. The lowest BCUT2D eigenvalue weighted by Gasteiger charge is -2.08. The second kappa shape index (κ2) is 4.45. The van der Waals surface area contributed by atoms with Gasteiger partial charge in [0.25, 0.3) is 5.91 Å². The van der Waals surface area contributed by atoms with E-state index in [2.05, 4.69) is 0 Å². The SMILES string of the molecule is NC(=O)COc1ccc(F)cc1S(N)(=O)=O. The highest BCUT2D eigenvalue weighted by Gasteiger charge is 2.16. The number of rotatable bonds is 4. The number of hydrogen-bond donors (Lipinski definition) is 2. The molecule has 88 valence electrons. The number of primary amides is 1. The Kier molecular flexibility index (Phi) is 3.45. The van der Waals surface area contributed by atoms with Gasteiger partial charge in [0.1, 0.15) is 16.5 Å². The second-order valence-corrected chi connectivity index (χ2v) is 4.42. The van der Waals surface area contributed by atoms with Gasteiger partial charge < -0.3 is 10.5 Å². The van der Waals surface area contributed by atoms with E-state index >= 15 is 0 Å². The van der Waals surface area contributed by atoms with E-state index in [1.54, 1.807) is 0 Å². The van der Waals surface area contributed by atoms with Crippen LogP contribution in [0.15, 0.2) is 23.1 Å². The van der Waals surface area contributed by atoms with Crippen LogP contribution in [0.5, 0.6) is 5.75 Å². The molecule has 0 spiro atoms. The Balaban J connectivity index is 3.13. The van der Waals surface area contributed by atoms with Crippen molar-refractivity contribution >= 4 is 15.9 Å². The number of benzene rings is 1. The van der Waals surface area contributed by atoms with Crippen molar-refractivity contribution in [3.05, 3.63) is 24.0 Å². The van der Waals surface area contributed by atoms with Gasteiger partial charge in [0.15, 0.2) is 6.61 Å². The maximum Gasteiger partial charge on any atom is 0.255 e. The molecule has 1 aromatic carbocycles. The van der Waals surface area contributed by atoms with Crippen LogP contribution in [0.4, 0.5) is 4.39 Å². The topological polar surface area (TPSA) is 112 Å². The van der Waals surface area contributed by atoms with Gasteiger partial charge >= 0.3 is 0 Å². The summed E-state index contributed by atoms with van der Waals surface area (Å²) in [6, 6.07) is 2.73. The molecular weight excluding hydrogens is 239 g/mol. The van der Waals surface area contributed by atoms with Crippen LogP contribution in [0.1, 0.15) is 0 Å². The Morgan fingerprint density at radius 2 is 2.06 bits per heavy atom. The minimum atomic E-state index is -4.12. The molecule has 0 aliphatic carbocycles. The molecule has 0 aliphatic rings. The lowest BCUT2D eigenvalue weighted by molar-refractivity contribution is -0.120. The standard InChI is InChI=1S/C8H9FN2O4S/c9-5-1-2-6(15-4-8(10)12)7(3-5)16(11,13)14/h1-3H,4H2,(H2,10,12)(H2,11,13,14). The Bertz CT molecular complexity index is 515. The summed E-state index contributed by atoms with van der Waals surface area (Å²) in [5.74, 6) is -1.79. The van der Waals surface area contributed by atoms with Crippen LogP contribution >= 0.6 is 0 Å². The molecule has 0 unspecified atom stereocenters. The number of carbonyl (C=O) groups excluding carboxylic acids is 1. The van der Waals surface area contributed by atoms with E-state index in [-0.39, 0.29) is 5.75 Å². The van der Waals surface area contributed by atoms with E-state index in [0.29, 0.717) is 6.07 Å². The van der Waals surface area contributed by atoms with Crippen molar-refractivity contribution in [3.63, 3.8) is 0 Å². The summed E-state index contributed by atoms with van der Waals surface area (Å²) in [4.78, 5) is 9.91. The molecule has 1 aromatic rings.